The van der Waals surface area contributed by atoms with Gasteiger partial charge in [-0.15, -0.1) is 11.3 Å². The summed E-state index contributed by atoms with van der Waals surface area (Å²) >= 11 is 7.63. The van der Waals surface area contributed by atoms with E-state index in [1.54, 1.807) is 18.4 Å². The van der Waals surface area contributed by atoms with E-state index in [0.29, 0.717) is 44.0 Å². The van der Waals surface area contributed by atoms with Crippen molar-refractivity contribution < 1.29 is 14.2 Å². The minimum Gasteiger partial charge on any atom is -0.382 e. The lowest BCUT2D eigenvalue weighted by Crippen LogP contribution is -2.06. The third-order valence-corrected chi connectivity index (χ3v) is 3.66. The maximum Gasteiger partial charge on any atom is 0.157 e. The Hall–Kier alpha value is -0.790. The molecule has 0 saturated heterocycles. The van der Waals surface area contributed by atoms with Crippen molar-refractivity contribution in [1.29, 1.82) is 0 Å². The lowest BCUT2D eigenvalue weighted by Gasteiger charge is -2.05. The van der Waals surface area contributed by atoms with Gasteiger partial charge in [0.05, 0.1) is 13.2 Å². The highest BCUT2D eigenvalue weighted by atomic mass is 35.5. The standard InChI is InChI=1S/C13H17ClN2O3S/c1-17-6-7-18-4-2-5-19-9-11-15-12(14)10-3-8-20-13(10)16-11/h3,8H,2,4-7,9H2,1H3. The van der Waals surface area contributed by atoms with Crippen molar-refractivity contribution in [3.63, 3.8) is 0 Å². The minimum absolute atomic E-state index is 0.367. The van der Waals surface area contributed by atoms with Crippen molar-refractivity contribution in [3.05, 3.63) is 22.4 Å². The zero-order chi connectivity index (χ0) is 14.2. The second-order valence-electron chi connectivity index (χ2n) is 4.08. The smallest absolute Gasteiger partial charge is 0.157 e. The van der Waals surface area contributed by atoms with Gasteiger partial charge in [0.15, 0.2) is 5.82 Å². The number of ether oxygens (including phenoxy) is 3. The maximum absolute atomic E-state index is 6.08. The number of thiophene rings is 1. The van der Waals surface area contributed by atoms with Crippen molar-refractivity contribution in [2.75, 3.05) is 33.5 Å². The summed E-state index contributed by atoms with van der Waals surface area (Å²) < 4.78 is 15.7. The van der Waals surface area contributed by atoms with Crippen molar-refractivity contribution in [2.45, 2.75) is 13.0 Å². The summed E-state index contributed by atoms with van der Waals surface area (Å²) in [5.41, 5.74) is 0. The van der Waals surface area contributed by atoms with Crippen LogP contribution in [0.25, 0.3) is 10.2 Å². The summed E-state index contributed by atoms with van der Waals surface area (Å²) in [5.74, 6) is 0.616. The molecule has 0 aliphatic rings. The lowest BCUT2D eigenvalue weighted by molar-refractivity contribution is 0.0473. The van der Waals surface area contributed by atoms with E-state index in [1.807, 2.05) is 11.4 Å². The van der Waals surface area contributed by atoms with E-state index < -0.39 is 0 Å². The van der Waals surface area contributed by atoms with Crippen LogP contribution >= 0.6 is 22.9 Å². The van der Waals surface area contributed by atoms with Crippen LogP contribution in [0, 0.1) is 0 Å². The topological polar surface area (TPSA) is 53.5 Å². The lowest BCUT2D eigenvalue weighted by atomic mass is 10.4. The highest BCUT2D eigenvalue weighted by Gasteiger charge is 2.06. The summed E-state index contributed by atoms with van der Waals surface area (Å²) in [5, 5.41) is 3.33. The van der Waals surface area contributed by atoms with Crippen molar-refractivity contribution in [1.82, 2.24) is 9.97 Å². The zero-order valence-electron chi connectivity index (χ0n) is 11.3. The van der Waals surface area contributed by atoms with Crippen LogP contribution in [0.15, 0.2) is 11.4 Å². The molecule has 2 heterocycles. The highest BCUT2D eigenvalue weighted by molar-refractivity contribution is 7.16. The molecule has 0 unspecified atom stereocenters. The first-order valence-electron chi connectivity index (χ1n) is 6.35. The van der Waals surface area contributed by atoms with E-state index in [4.69, 9.17) is 25.8 Å². The molecule has 0 fully saturated rings. The molecular weight excluding hydrogens is 300 g/mol. The average molecular weight is 317 g/mol. The van der Waals surface area contributed by atoms with Gasteiger partial charge < -0.3 is 14.2 Å². The molecular formula is C13H17ClN2O3S. The van der Waals surface area contributed by atoms with Crippen molar-refractivity contribution >= 4 is 33.2 Å². The van der Waals surface area contributed by atoms with Crippen LogP contribution in [0.1, 0.15) is 12.2 Å². The van der Waals surface area contributed by atoms with E-state index in [9.17, 15) is 0 Å². The highest BCUT2D eigenvalue weighted by Crippen LogP contribution is 2.24. The van der Waals surface area contributed by atoms with Gasteiger partial charge in [0.25, 0.3) is 0 Å². The van der Waals surface area contributed by atoms with Gasteiger partial charge in [0, 0.05) is 25.7 Å². The Morgan fingerprint density at radius 3 is 2.85 bits per heavy atom. The van der Waals surface area contributed by atoms with Gasteiger partial charge in [-0.3, -0.25) is 0 Å². The van der Waals surface area contributed by atoms with Crippen LogP contribution in [0.3, 0.4) is 0 Å². The van der Waals surface area contributed by atoms with Gasteiger partial charge in [-0.05, 0) is 17.9 Å². The molecule has 0 saturated carbocycles. The molecule has 0 aliphatic carbocycles. The Bertz CT molecular complexity index is 535. The number of rotatable bonds is 9. The van der Waals surface area contributed by atoms with Crippen LogP contribution in [0.5, 0.6) is 0 Å². The van der Waals surface area contributed by atoms with Gasteiger partial charge in [0.1, 0.15) is 16.6 Å². The number of methoxy groups -OCH3 is 1. The second kappa shape index (κ2) is 8.49. The first-order valence-corrected chi connectivity index (χ1v) is 7.61. The fourth-order valence-electron chi connectivity index (χ4n) is 1.60. The minimum atomic E-state index is 0.367. The molecule has 5 nitrogen and oxygen atoms in total. The summed E-state index contributed by atoms with van der Waals surface area (Å²) in [6.07, 6.45) is 0.832. The van der Waals surface area contributed by atoms with E-state index >= 15 is 0 Å². The predicted molar refractivity (Wildman–Crippen MR) is 79.4 cm³/mol. The molecule has 0 N–H and O–H groups in total. The molecule has 2 aromatic heterocycles. The second-order valence-corrected chi connectivity index (χ2v) is 5.33. The number of hydrogen-bond acceptors (Lipinski definition) is 6. The molecule has 0 aromatic carbocycles. The average Bonchev–Trinajstić information content (AvgIpc) is 2.91. The largest absolute Gasteiger partial charge is 0.382 e. The molecule has 0 aliphatic heterocycles. The van der Waals surface area contributed by atoms with Crippen LogP contribution in [-0.2, 0) is 20.8 Å². The Morgan fingerprint density at radius 1 is 1.15 bits per heavy atom. The zero-order valence-corrected chi connectivity index (χ0v) is 12.9. The van der Waals surface area contributed by atoms with Crippen LogP contribution in [0.4, 0.5) is 0 Å². The van der Waals surface area contributed by atoms with Crippen LogP contribution < -0.4 is 0 Å². The fraction of sp³-hybridized carbons (Fsp3) is 0.538. The molecule has 20 heavy (non-hydrogen) atoms. The Kier molecular flexibility index (Phi) is 6.62. The quantitative estimate of drug-likeness (QED) is 0.526. The predicted octanol–water partition coefficient (Wildman–Crippen LogP) is 2.91. The molecule has 0 atom stereocenters. The molecule has 0 spiro atoms. The van der Waals surface area contributed by atoms with Gasteiger partial charge >= 0.3 is 0 Å². The SMILES string of the molecule is COCCOCCCOCc1nc(Cl)c2ccsc2n1. The number of aromatic nitrogens is 2. The number of hydrogen-bond donors (Lipinski definition) is 0. The first-order chi connectivity index (χ1) is 9.81. The molecule has 0 amide bonds. The summed E-state index contributed by atoms with van der Waals surface area (Å²) in [6.45, 7) is 2.87. The maximum atomic E-state index is 6.08. The van der Waals surface area contributed by atoms with Gasteiger partial charge in [-0.25, -0.2) is 9.97 Å². The molecule has 2 aromatic rings. The summed E-state index contributed by atoms with van der Waals surface area (Å²) in [6, 6.07) is 1.92. The molecule has 7 heteroatoms. The van der Waals surface area contributed by atoms with Gasteiger partial charge in [-0.1, -0.05) is 11.6 Å². The Labute approximate surface area is 126 Å². The molecule has 0 bridgehead atoms. The van der Waals surface area contributed by atoms with E-state index in [0.717, 1.165) is 16.6 Å². The van der Waals surface area contributed by atoms with Gasteiger partial charge in [0.2, 0.25) is 0 Å². The normalized spacial score (nSPS) is 11.3. The summed E-state index contributed by atoms with van der Waals surface area (Å²) in [4.78, 5) is 9.52. The van der Waals surface area contributed by atoms with Crippen molar-refractivity contribution in [3.8, 4) is 0 Å². The fourth-order valence-corrected chi connectivity index (χ4v) is 2.68. The van der Waals surface area contributed by atoms with E-state index in [2.05, 4.69) is 9.97 Å². The number of halogens is 1. The third kappa shape index (κ3) is 4.64. The third-order valence-electron chi connectivity index (χ3n) is 2.57. The Balaban J connectivity index is 1.68. The number of nitrogens with zero attached hydrogens (tertiary/aromatic N) is 2. The van der Waals surface area contributed by atoms with E-state index in [1.165, 1.54) is 0 Å². The summed E-state index contributed by atoms with van der Waals surface area (Å²) in [7, 11) is 1.65. The number of fused-ring (bicyclic) bond motifs is 1. The van der Waals surface area contributed by atoms with Crippen LogP contribution in [-0.4, -0.2) is 43.5 Å². The monoisotopic (exact) mass is 316 g/mol. The molecule has 110 valence electrons. The van der Waals surface area contributed by atoms with Gasteiger partial charge in [-0.2, -0.15) is 0 Å². The van der Waals surface area contributed by atoms with Crippen molar-refractivity contribution in [2.24, 2.45) is 0 Å². The molecule has 0 radical (unpaired) electrons. The Morgan fingerprint density at radius 2 is 2.00 bits per heavy atom. The molecule has 2 rings (SSSR count). The van der Waals surface area contributed by atoms with Crippen LogP contribution in [0.2, 0.25) is 5.15 Å². The first kappa shape index (κ1) is 15.6. The van der Waals surface area contributed by atoms with E-state index in [-0.39, 0.29) is 0 Å².